The van der Waals surface area contributed by atoms with Crippen molar-refractivity contribution in [2.45, 2.75) is 330 Å². The van der Waals surface area contributed by atoms with Gasteiger partial charge in [0.1, 0.15) is 13.2 Å². The van der Waals surface area contributed by atoms with Crippen molar-refractivity contribution in [2.75, 3.05) is 13.2 Å². The maximum Gasteiger partial charge on any atom is 0.306 e. The Bertz CT molecular complexity index is 980. The van der Waals surface area contributed by atoms with Gasteiger partial charge in [-0.2, -0.15) is 0 Å². The largest absolute Gasteiger partial charge is 0.462 e. The van der Waals surface area contributed by atoms with Gasteiger partial charge in [0.2, 0.25) is 0 Å². The fourth-order valence-corrected chi connectivity index (χ4v) is 8.84. The predicted octanol–water partition coefficient (Wildman–Crippen LogP) is 18.9. The van der Waals surface area contributed by atoms with Crippen molar-refractivity contribution in [3.63, 3.8) is 0 Å². The normalized spacial score (nSPS) is 12.5. The van der Waals surface area contributed by atoms with E-state index in [0.717, 1.165) is 69.6 Å². The molecule has 0 aliphatic rings. The zero-order valence-electron chi connectivity index (χ0n) is 43.9. The summed E-state index contributed by atoms with van der Waals surface area (Å²) >= 11 is 0. The molecule has 2 atom stereocenters. The van der Waals surface area contributed by atoms with Crippen LogP contribution in [0, 0.1) is 11.8 Å². The van der Waals surface area contributed by atoms with E-state index in [1.54, 1.807) is 0 Å². The van der Waals surface area contributed by atoms with Crippen LogP contribution in [0.5, 0.6) is 0 Å². The number of carbonyl (C=O) groups excluding carboxylic acids is 3. The van der Waals surface area contributed by atoms with Crippen LogP contribution in [-0.2, 0) is 28.6 Å². The molecule has 1 unspecified atom stereocenters. The molecule has 0 rings (SSSR count). The van der Waals surface area contributed by atoms with Crippen molar-refractivity contribution >= 4 is 17.9 Å². The summed E-state index contributed by atoms with van der Waals surface area (Å²) in [5.74, 6) is 0.810. The number of rotatable bonds is 52. The summed E-state index contributed by atoms with van der Waals surface area (Å²) in [5.41, 5.74) is 0. The van der Waals surface area contributed by atoms with Crippen LogP contribution in [0.15, 0.2) is 0 Å². The predicted molar refractivity (Wildman–Crippen MR) is 275 cm³/mol. The SMILES string of the molecule is CCCCCCCCCCCCCCCCCCCCCC(=O)OC[C@@H](COC(=O)CCCCCCCCCCCCCCCCC(C)C)OC(=O)CCCCCCCCC(C)CC. The molecule has 64 heavy (non-hydrogen) atoms. The average molecular weight is 906 g/mol. The van der Waals surface area contributed by atoms with Crippen LogP contribution in [0.1, 0.15) is 324 Å². The monoisotopic (exact) mass is 905 g/mol. The molecule has 0 saturated carbocycles. The molecule has 6 heteroatoms. The van der Waals surface area contributed by atoms with E-state index < -0.39 is 6.10 Å². The first-order valence-corrected chi connectivity index (χ1v) is 28.8. The minimum absolute atomic E-state index is 0.0639. The summed E-state index contributed by atoms with van der Waals surface area (Å²) in [6.07, 6.45) is 53.9. The molecule has 0 aliphatic heterocycles. The minimum Gasteiger partial charge on any atom is -0.462 e. The van der Waals surface area contributed by atoms with Crippen LogP contribution in [0.25, 0.3) is 0 Å². The first-order chi connectivity index (χ1) is 31.3. The van der Waals surface area contributed by atoms with Gasteiger partial charge in [0, 0.05) is 19.3 Å². The molecular formula is C58H112O6. The third-order valence-corrected chi connectivity index (χ3v) is 13.6. The number of unbranched alkanes of at least 4 members (excludes halogenated alkanes) is 36. The summed E-state index contributed by atoms with van der Waals surface area (Å²) in [6, 6.07) is 0. The number of hydrogen-bond donors (Lipinski definition) is 0. The van der Waals surface area contributed by atoms with Crippen LogP contribution in [0.4, 0.5) is 0 Å². The van der Waals surface area contributed by atoms with E-state index in [9.17, 15) is 14.4 Å². The van der Waals surface area contributed by atoms with Gasteiger partial charge in [0.25, 0.3) is 0 Å². The summed E-state index contributed by atoms with van der Waals surface area (Å²) < 4.78 is 16.9. The van der Waals surface area contributed by atoms with E-state index in [1.165, 1.54) is 212 Å². The Hall–Kier alpha value is -1.59. The van der Waals surface area contributed by atoms with Crippen LogP contribution in [0.2, 0.25) is 0 Å². The highest BCUT2D eigenvalue weighted by Gasteiger charge is 2.19. The van der Waals surface area contributed by atoms with Gasteiger partial charge in [-0.25, -0.2) is 0 Å². The molecule has 0 bridgehead atoms. The molecule has 0 aliphatic carbocycles. The van der Waals surface area contributed by atoms with E-state index in [2.05, 4.69) is 34.6 Å². The third-order valence-electron chi connectivity index (χ3n) is 13.6. The first-order valence-electron chi connectivity index (χ1n) is 28.8. The first kappa shape index (κ1) is 62.4. The Kier molecular flexibility index (Phi) is 49.6. The van der Waals surface area contributed by atoms with Gasteiger partial charge in [-0.3, -0.25) is 14.4 Å². The summed E-state index contributed by atoms with van der Waals surface area (Å²) in [4.78, 5) is 38.1. The van der Waals surface area contributed by atoms with Gasteiger partial charge >= 0.3 is 17.9 Å². The van der Waals surface area contributed by atoms with Gasteiger partial charge in [-0.15, -0.1) is 0 Å². The summed E-state index contributed by atoms with van der Waals surface area (Å²) in [6.45, 7) is 11.4. The quantitative estimate of drug-likeness (QED) is 0.0344. The van der Waals surface area contributed by atoms with Gasteiger partial charge in [-0.05, 0) is 31.1 Å². The second-order valence-corrected chi connectivity index (χ2v) is 20.6. The number of carbonyl (C=O) groups is 3. The maximum absolute atomic E-state index is 12.8. The van der Waals surface area contributed by atoms with Crippen molar-refractivity contribution in [3.8, 4) is 0 Å². The molecule has 0 aromatic rings. The molecule has 0 radical (unpaired) electrons. The lowest BCUT2D eigenvalue weighted by molar-refractivity contribution is -0.167. The lowest BCUT2D eigenvalue weighted by Gasteiger charge is -2.18. The topological polar surface area (TPSA) is 78.9 Å². The van der Waals surface area contributed by atoms with Crippen LogP contribution >= 0.6 is 0 Å². The summed E-state index contributed by atoms with van der Waals surface area (Å²) in [7, 11) is 0. The molecule has 380 valence electrons. The number of esters is 3. The van der Waals surface area contributed by atoms with Gasteiger partial charge in [0.05, 0.1) is 0 Å². The van der Waals surface area contributed by atoms with E-state index in [1.807, 2.05) is 0 Å². The Balaban J connectivity index is 4.22. The molecule has 0 N–H and O–H groups in total. The average Bonchev–Trinajstić information content (AvgIpc) is 3.28. The van der Waals surface area contributed by atoms with E-state index >= 15 is 0 Å². The Labute approximate surface area is 399 Å². The van der Waals surface area contributed by atoms with Crippen molar-refractivity contribution < 1.29 is 28.6 Å². The van der Waals surface area contributed by atoms with Gasteiger partial charge < -0.3 is 14.2 Å². The van der Waals surface area contributed by atoms with Crippen molar-refractivity contribution in [1.82, 2.24) is 0 Å². The van der Waals surface area contributed by atoms with Crippen molar-refractivity contribution in [1.29, 1.82) is 0 Å². The molecule has 0 saturated heterocycles. The Morgan fingerprint density at radius 3 is 0.891 bits per heavy atom. The van der Waals surface area contributed by atoms with Crippen LogP contribution in [-0.4, -0.2) is 37.2 Å². The Morgan fingerprint density at radius 1 is 0.328 bits per heavy atom. The third kappa shape index (κ3) is 49.8. The molecule has 6 nitrogen and oxygen atoms in total. The standard InChI is InChI=1S/C58H112O6/c1-6-8-9-10-11-12-13-14-15-16-17-18-19-23-26-29-32-38-43-48-56(59)62-51-55(64-58(61)50-45-40-35-34-37-42-47-54(5)7-2)52-63-57(60)49-44-39-33-30-27-24-21-20-22-25-28-31-36-41-46-53(3)4/h53-55H,6-52H2,1-5H3/t54?,55-/m0/s1. The van der Waals surface area contributed by atoms with Crippen LogP contribution in [0.3, 0.4) is 0 Å². The lowest BCUT2D eigenvalue weighted by Crippen LogP contribution is -2.30. The summed E-state index contributed by atoms with van der Waals surface area (Å²) in [5, 5.41) is 0. The molecule has 0 amide bonds. The van der Waals surface area contributed by atoms with Crippen LogP contribution < -0.4 is 0 Å². The number of hydrogen-bond acceptors (Lipinski definition) is 6. The highest BCUT2D eigenvalue weighted by Crippen LogP contribution is 2.18. The zero-order valence-corrected chi connectivity index (χ0v) is 43.9. The molecular weight excluding hydrogens is 793 g/mol. The maximum atomic E-state index is 12.8. The Morgan fingerprint density at radius 2 is 0.594 bits per heavy atom. The second-order valence-electron chi connectivity index (χ2n) is 20.6. The molecule has 0 aromatic heterocycles. The van der Waals surface area contributed by atoms with E-state index in [-0.39, 0.29) is 31.1 Å². The lowest BCUT2D eigenvalue weighted by atomic mass is 10.00. The highest BCUT2D eigenvalue weighted by molar-refractivity contribution is 5.71. The van der Waals surface area contributed by atoms with Crippen molar-refractivity contribution in [3.05, 3.63) is 0 Å². The van der Waals surface area contributed by atoms with E-state index in [0.29, 0.717) is 19.3 Å². The van der Waals surface area contributed by atoms with Crippen molar-refractivity contribution in [2.24, 2.45) is 11.8 Å². The molecule has 0 heterocycles. The fraction of sp³-hybridized carbons (Fsp3) is 0.948. The highest BCUT2D eigenvalue weighted by atomic mass is 16.6. The number of ether oxygens (including phenoxy) is 3. The van der Waals surface area contributed by atoms with Gasteiger partial charge in [0.15, 0.2) is 6.10 Å². The zero-order chi connectivity index (χ0) is 46.8. The molecule has 0 aromatic carbocycles. The van der Waals surface area contributed by atoms with Gasteiger partial charge in [-0.1, -0.05) is 285 Å². The second kappa shape index (κ2) is 50.8. The fourth-order valence-electron chi connectivity index (χ4n) is 8.84. The van der Waals surface area contributed by atoms with E-state index in [4.69, 9.17) is 14.2 Å². The molecule has 0 spiro atoms. The molecule has 0 fully saturated rings. The minimum atomic E-state index is -0.763. The smallest absolute Gasteiger partial charge is 0.306 e.